The lowest BCUT2D eigenvalue weighted by atomic mass is 9.97. The third-order valence-electron chi connectivity index (χ3n) is 4.07. The monoisotopic (exact) mass is 271 g/mol. The average molecular weight is 271 g/mol. The molecule has 2 atom stereocenters. The van der Waals surface area contributed by atoms with E-state index in [0.29, 0.717) is 6.42 Å². The van der Waals surface area contributed by atoms with Crippen LogP contribution < -0.4 is 10.5 Å². The van der Waals surface area contributed by atoms with Gasteiger partial charge in [0, 0.05) is 11.5 Å². The Morgan fingerprint density at radius 1 is 1.25 bits per heavy atom. The van der Waals surface area contributed by atoms with Crippen LogP contribution in [0.2, 0.25) is 0 Å². The zero-order valence-corrected chi connectivity index (χ0v) is 11.6. The van der Waals surface area contributed by atoms with Crippen molar-refractivity contribution in [2.24, 2.45) is 5.73 Å². The second kappa shape index (κ2) is 4.49. The fourth-order valence-corrected chi connectivity index (χ4v) is 2.87. The molecule has 3 rings (SSSR count). The minimum atomic E-state index is -0.924. The van der Waals surface area contributed by atoms with Gasteiger partial charge in [-0.25, -0.2) is 0 Å². The highest BCUT2D eigenvalue weighted by Crippen LogP contribution is 2.54. The van der Waals surface area contributed by atoms with Gasteiger partial charge in [0.2, 0.25) is 0 Å². The molecule has 0 bridgehead atoms. The van der Waals surface area contributed by atoms with E-state index < -0.39 is 5.54 Å². The first-order valence-electron chi connectivity index (χ1n) is 6.54. The average Bonchev–Trinajstić information content (AvgIpc) is 3.18. The number of benzene rings is 2. The van der Waals surface area contributed by atoms with E-state index in [-0.39, 0.29) is 11.9 Å². The molecule has 1 aliphatic rings. The smallest absolute Gasteiger partial charge is 0.326 e. The molecule has 0 aromatic heterocycles. The van der Waals surface area contributed by atoms with Gasteiger partial charge in [0.15, 0.2) is 0 Å². The molecular formula is C16H17NO3. The zero-order chi connectivity index (χ0) is 14.3. The molecule has 2 aromatic rings. The van der Waals surface area contributed by atoms with Gasteiger partial charge in [0.25, 0.3) is 0 Å². The molecule has 1 aliphatic carbocycles. The molecule has 20 heavy (non-hydrogen) atoms. The molecule has 4 heteroatoms. The van der Waals surface area contributed by atoms with Gasteiger partial charge in [0.05, 0.1) is 14.2 Å². The van der Waals surface area contributed by atoms with Gasteiger partial charge in [-0.2, -0.15) is 0 Å². The molecule has 0 spiro atoms. The number of fused-ring (bicyclic) bond motifs is 1. The molecule has 0 heterocycles. The highest BCUT2D eigenvalue weighted by Gasteiger charge is 2.60. The maximum atomic E-state index is 11.8. The van der Waals surface area contributed by atoms with Crippen LogP contribution in [-0.4, -0.2) is 25.7 Å². The number of esters is 1. The molecule has 0 aliphatic heterocycles. The third kappa shape index (κ3) is 1.76. The van der Waals surface area contributed by atoms with Crippen LogP contribution in [-0.2, 0) is 9.53 Å². The highest BCUT2D eigenvalue weighted by atomic mass is 16.5. The summed E-state index contributed by atoms with van der Waals surface area (Å²) >= 11 is 0. The summed E-state index contributed by atoms with van der Waals surface area (Å²) < 4.78 is 10.3. The van der Waals surface area contributed by atoms with Crippen LogP contribution in [0.4, 0.5) is 0 Å². The van der Waals surface area contributed by atoms with Crippen molar-refractivity contribution in [3.05, 3.63) is 42.0 Å². The summed E-state index contributed by atoms with van der Waals surface area (Å²) in [5.74, 6) is 0.346. The molecule has 0 amide bonds. The van der Waals surface area contributed by atoms with Crippen molar-refractivity contribution in [3.63, 3.8) is 0 Å². The number of ether oxygens (including phenoxy) is 2. The van der Waals surface area contributed by atoms with E-state index in [1.165, 1.54) is 7.11 Å². The summed E-state index contributed by atoms with van der Waals surface area (Å²) in [5, 5.41) is 2.19. The first-order chi connectivity index (χ1) is 9.61. The normalized spacial score (nSPS) is 24.4. The Morgan fingerprint density at radius 2 is 2.00 bits per heavy atom. The van der Waals surface area contributed by atoms with Crippen LogP contribution in [0.5, 0.6) is 5.75 Å². The minimum absolute atomic E-state index is 0.0593. The van der Waals surface area contributed by atoms with Crippen LogP contribution in [0.1, 0.15) is 17.9 Å². The predicted octanol–water partition coefficient (Wildman–Crippen LogP) is 2.21. The van der Waals surface area contributed by atoms with Gasteiger partial charge in [-0.3, -0.25) is 4.79 Å². The minimum Gasteiger partial charge on any atom is -0.496 e. The van der Waals surface area contributed by atoms with Crippen LogP contribution in [0.3, 0.4) is 0 Å². The van der Waals surface area contributed by atoms with Crippen molar-refractivity contribution in [1.82, 2.24) is 0 Å². The number of hydrogen-bond donors (Lipinski definition) is 1. The fourth-order valence-electron chi connectivity index (χ4n) is 2.87. The number of carbonyl (C=O) groups is 1. The lowest BCUT2D eigenvalue weighted by Gasteiger charge is -2.14. The molecule has 1 fully saturated rings. The first-order valence-corrected chi connectivity index (χ1v) is 6.54. The summed E-state index contributed by atoms with van der Waals surface area (Å²) in [6.45, 7) is 0. The van der Waals surface area contributed by atoms with Crippen LogP contribution in [0, 0.1) is 0 Å². The van der Waals surface area contributed by atoms with E-state index in [4.69, 9.17) is 15.2 Å². The molecule has 2 N–H and O–H groups in total. The lowest BCUT2D eigenvalue weighted by Crippen LogP contribution is -2.36. The molecule has 2 aromatic carbocycles. The molecule has 0 radical (unpaired) electrons. The standard InChI is InChI=1S/C16H17NO3/c1-19-13-8-7-10-5-3-4-6-11(10)14(13)12-9-16(12,17)15(18)20-2/h3-8,12H,9,17H2,1-2H3/t12-,16-/m0/s1. The predicted molar refractivity (Wildman–Crippen MR) is 76.8 cm³/mol. The molecule has 4 nitrogen and oxygen atoms in total. The Hall–Kier alpha value is -2.07. The summed E-state index contributed by atoms with van der Waals surface area (Å²) in [4.78, 5) is 11.8. The second-order valence-corrected chi connectivity index (χ2v) is 5.19. The maximum Gasteiger partial charge on any atom is 0.326 e. The Bertz CT molecular complexity index is 682. The number of rotatable bonds is 3. The summed E-state index contributed by atoms with van der Waals surface area (Å²) in [5.41, 5.74) is 6.24. The van der Waals surface area contributed by atoms with E-state index in [1.807, 2.05) is 36.4 Å². The lowest BCUT2D eigenvalue weighted by molar-refractivity contribution is -0.143. The topological polar surface area (TPSA) is 61.5 Å². The molecule has 104 valence electrons. The molecule has 0 unspecified atom stereocenters. The zero-order valence-electron chi connectivity index (χ0n) is 11.6. The highest BCUT2D eigenvalue weighted by molar-refractivity contribution is 5.93. The number of carbonyl (C=O) groups excluding carboxylic acids is 1. The number of nitrogens with two attached hydrogens (primary N) is 1. The number of hydrogen-bond acceptors (Lipinski definition) is 4. The Labute approximate surface area is 117 Å². The van der Waals surface area contributed by atoms with Crippen LogP contribution >= 0.6 is 0 Å². The van der Waals surface area contributed by atoms with E-state index >= 15 is 0 Å². The summed E-state index contributed by atoms with van der Waals surface area (Å²) in [7, 11) is 3.00. The summed E-state index contributed by atoms with van der Waals surface area (Å²) in [6.07, 6.45) is 0.587. The van der Waals surface area contributed by atoms with Gasteiger partial charge < -0.3 is 15.2 Å². The van der Waals surface area contributed by atoms with Gasteiger partial charge in [0.1, 0.15) is 11.3 Å². The number of methoxy groups -OCH3 is 2. The van der Waals surface area contributed by atoms with E-state index in [0.717, 1.165) is 22.1 Å². The van der Waals surface area contributed by atoms with Crippen molar-refractivity contribution >= 4 is 16.7 Å². The van der Waals surface area contributed by atoms with E-state index in [9.17, 15) is 4.79 Å². The Kier molecular flexibility index (Phi) is 2.91. The van der Waals surface area contributed by atoms with Crippen LogP contribution in [0.15, 0.2) is 36.4 Å². The van der Waals surface area contributed by atoms with Crippen molar-refractivity contribution in [1.29, 1.82) is 0 Å². The van der Waals surface area contributed by atoms with E-state index in [1.54, 1.807) is 7.11 Å². The maximum absolute atomic E-state index is 11.8. The fraction of sp³-hybridized carbons (Fsp3) is 0.312. The third-order valence-corrected chi connectivity index (χ3v) is 4.07. The van der Waals surface area contributed by atoms with Crippen molar-refractivity contribution in [2.75, 3.05) is 14.2 Å². The van der Waals surface area contributed by atoms with Gasteiger partial charge in [-0.1, -0.05) is 30.3 Å². The quantitative estimate of drug-likeness (QED) is 0.869. The molecule has 1 saturated carbocycles. The van der Waals surface area contributed by atoms with Crippen molar-refractivity contribution in [2.45, 2.75) is 17.9 Å². The molecular weight excluding hydrogens is 254 g/mol. The van der Waals surface area contributed by atoms with Crippen LogP contribution in [0.25, 0.3) is 10.8 Å². The largest absolute Gasteiger partial charge is 0.496 e. The molecule has 0 saturated heterocycles. The van der Waals surface area contributed by atoms with Crippen molar-refractivity contribution < 1.29 is 14.3 Å². The Balaban J connectivity index is 2.14. The van der Waals surface area contributed by atoms with Gasteiger partial charge >= 0.3 is 5.97 Å². The van der Waals surface area contributed by atoms with Crippen molar-refractivity contribution in [3.8, 4) is 5.75 Å². The Morgan fingerprint density at radius 3 is 2.70 bits per heavy atom. The van der Waals surface area contributed by atoms with E-state index in [2.05, 4.69) is 0 Å². The first kappa shape index (κ1) is 12.9. The SMILES string of the molecule is COC(=O)[C@]1(N)C[C@H]1c1c(OC)ccc2ccccc12. The second-order valence-electron chi connectivity index (χ2n) is 5.19. The van der Waals surface area contributed by atoms with Gasteiger partial charge in [-0.05, 0) is 23.3 Å². The van der Waals surface area contributed by atoms with Gasteiger partial charge in [-0.15, -0.1) is 0 Å². The summed E-state index contributed by atoms with van der Waals surface area (Å²) in [6, 6.07) is 12.0.